The zero-order valence-electron chi connectivity index (χ0n) is 23.8. The minimum absolute atomic E-state index is 0.0748. The fourth-order valence-corrected chi connectivity index (χ4v) is 3.50. The second-order valence-corrected chi connectivity index (χ2v) is 10.5. The first-order valence-corrected chi connectivity index (χ1v) is 13.1. The molecule has 0 aliphatic carbocycles. The van der Waals surface area contributed by atoms with E-state index in [0.717, 1.165) is 57.9 Å². The fraction of sp³-hybridized carbons (Fsp3) is 0.645. The molecular formula is C31H53NO2. The number of allylic oxidation sites excluding steroid dienone is 9. The third-order valence-electron chi connectivity index (χ3n) is 5.88. The Morgan fingerprint density at radius 3 is 1.68 bits per heavy atom. The van der Waals surface area contributed by atoms with Gasteiger partial charge < -0.3 is 9.64 Å². The second-order valence-electron chi connectivity index (χ2n) is 10.5. The van der Waals surface area contributed by atoms with Crippen LogP contribution in [0.15, 0.2) is 58.2 Å². The van der Waals surface area contributed by atoms with Crippen molar-refractivity contribution in [2.75, 3.05) is 27.2 Å². The molecule has 0 aliphatic rings. The molecule has 0 amide bonds. The molecule has 0 aromatic heterocycles. The molecule has 0 rings (SSSR count). The van der Waals surface area contributed by atoms with E-state index in [-0.39, 0.29) is 11.9 Å². The van der Waals surface area contributed by atoms with Crippen molar-refractivity contribution in [1.82, 2.24) is 4.90 Å². The molecule has 0 fully saturated rings. The first-order chi connectivity index (χ1) is 16.0. The third-order valence-corrected chi connectivity index (χ3v) is 5.88. The monoisotopic (exact) mass is 471 g/mol. The van der Waals surface area contributed by atoms with E-state index in [1.165, 1.54) is 27.9 Å². The molecule has 0 saturated carbocycles. The van der Waals surface area contributed by atoms with E-state index in [0.29, 0.717) is 6.61 Å². The number of hydrogen-bond donors (Lipinski definition) is 0. The number of carbonyl (C=O) groups is 1. The molecular weight excluding hydrogens is 418 g/mol. The molecule has 0 bridgehead atoms. The van der Waals surface area contributed by atoms with Gasteiger partial charge in [-0.1, -0.05) is 52.2 Å². The molecule has 3 heteroatoms. The maximum Gasteiger partial charge on any atom is 0.309 e. The van der Waals surface area contributed by atoms with Gasteiger partial charge in [0.15, 0.2) is 0 Å². The van der Waals surface area contributed by atoms with Gasteiger partial charge in [0.05, 0.1) is 5.92 Å². The van der Waals surface area contributed by atoms with Crippen LogP contribution in [0.3, 0.4) is 0 Å². The molecule has 1 unspecified atom stereocenters. The van der Waals surface area contributed by atoms with Crippen molar-refractivity contribution in [2.24, 2.45) is 5.92 Å². The van der Waals surface area contributed by atoms with Crippen molar-refractivity contribution in [3.63, 3.8) is 0 Å². The first-order valence-electron chi connectivity index (χ1n) is 13.1. The lowest BCUT2D eigenvalue weighted by Crippen LogP contribution is -2.23. The van der Waals surface area contributed by atoms with Crippen molar-refractivity contribution in [1.29, 1.82) is 0 Å². The number of carbonyl (C=O) groups excluding carboxylic acids is 1. The Hall–Kier alpha value is -1.87. The predicted octanol–water partition coefficient (Wildman–Crippen LogP) is 8.60. The average molecular weight is 472 g/mol. The highest BCUT2D eigenvalue weighted by Crippen LogP contribution is 2.17. The number of esters is 1. The summed E-state index contributed by atoms with van der Waals surface area (Å²) in [4.78, 5) is 14.9. The Kier molecular flexibility index (Phi) is 18.4. The van der Waals surface area contributed by atoms with Crippen molar-refractivity contribution < 1.29 is 9.53 Å². The number of nitrogens with zero attached hydrogens (tertiary/aromatic N) is 1. The predicted molar refractivity (Wildman–Crippen MR) is 150 cm³/mol. The summed E-state index contributed by atoms with van der Waals surface area (Å²) in [6, 6.07) is 0. The quantitative estimate of drug-likeness (QED) is 0.157. The van der Waals surface area contributed by atoms with Crippen molar-refractivity contribution >= 4 is 5.97 Å². The van der Waals surface area contributed by atoms with Crippen molar-refractivity contribution in [2.45, 2.75) is 99.8 Å². The van der Waals surface area contributed by atoms with Crippen LogP contribution in [0.1, 0.15) is 99.8 Å². The Labute approximate surface area is 211 Å². The topological polar surface area (TPSA) is 29.5 Å². The molecule has 0 N–H and O–H groups in total. The summed E-state index contributed by atoms with van der Waals surface area (Å²) in [6.07, 6.45) is 19.2. The van der Waals surface area contributed by atoms with Gasteiger partial charge >= 0.3 is 5.97 Å². The Balaban J connectivity index is 4.71. The van der Waals surface area contributed by atoms with Gasteiger partial charge in [-0.25, -0.2) is 0 Å². The SMILES string of the molecule is CC(C)=CCCC(C)=CCCC(C)=CCC(CCN(C)C)C(=O)OCC=C(C)CCC=C(C)C. The summed E-state index contributed by atoms with van der Waals surface area (Å²) in [5.74, 6) is -0.160. The van der Waals surface area contributed by atoms with E-state index in [2.05, 4.69) is 77.7 Å². The third kappa shape index (κ3) is 19.6. The highest BCUT2D eigenvalue weighted by Gasteiger charge is 2.19. The minimum Gasteiger partial charge on any atom is -0.461 e. The lowest BCUT2D eigenvalue weighted by atomic mass is 9.98. The summed E-state index contributed by atoms with van der Waals surface area (Å²) < 4.78 is 5.64. The highest BCUT2D eigenvalue weighted by atomic mass is 16.5. The summed E-state index contributed by atoms with van der Waals surface area (Å²) in [5, 5.41) is 0. The Morgan fingerprint density at radius 2 is 1.18 bits per heavy atom. The summed E-state index contributed by atoms with van der Waals surface area (Å²) in [5.41, 5.74) is 6.82. The van der Waals surface area contributed by atoms with E-state index in [9.17, 15) is 4.79 Å². The van der Waals surface area contributed by atoms with E-state index in [1.807, 2.05) is 20.2 Å². The van der Waals surface area contributed by atoms with Crippen LogP contribution in [-0.2, 0) is 9.53 Å². The van der Waals surface area contributed by atoms with Crippen LogP contribution in [0, 0.1) is 5.92 Å². The van der Waals surface area contributed by atoms with Gasteiger partial charge in [0.2, 0.25) is 0 Å². The molecule has 0 radical (unpaired) electrons. The molecule has 3 nitrogen and oxygen atoms in total. The van der Waals surface area contributed by atoms with Gasteiger partial charge in [-0.15, -0.1) is 0 Å². The Bertz CT molecular complexity index is 727. The Morgan fingerprint density at radius 1 is 0.706 bits per heavy atom. The largest absolute Gasteiger partial charge is 0.461 e. The molecule has 34 heavy (non-hydrogen) atoms. The molecule has 0 aromatic rings. The maximum atomic E-state index is 12.8. The average Bonchev–Trinajstić information content (AvgIpc) is 2.72. The summed E-state index contributed by atoms with van der Waals surface area (Å²) >= 11 is 0. The van der Waals surface area contributed by atoms with Gasteiger partial charge in [0, 0.05) is 0 Å². The van der Waals surface area contributed by atoms with Gasteiger partial charge in [-0.05, 0) is 127 Å². The zero-order valence-corrected chi connectivity index (χ0v) is 23.8. The van der Waals surface area contributed by atoms with Gasteiger partial charge in [-0.3, -0.25) is 4.79 Å². The second kappa shape index (κ2) is 19.4. The van der Waals surface area contributed by atoms with Crippen LogP contribution >= 0.6 is 0 Å². The summed E-state index contributed by atoms with van der Waals surface area (Å²) in [7, 11) is 4.10. The number of ether oxygens (including phenoxy) is 1. The van der Waals surface area contributed by atoms with E-state index < -0.39 is 0 Å². The molecule has 1 atom stereocenters. The number of rotatable bonds is 17. The minimum atomic E-state index is -0.0851. The van der Waals surface area contributed by atoms with Gasteiger partial charge in [0.25, 0.3) is 0 Å². The zero-order chi connectivity index (χ0) is 25.9. The maximum absolute atomic E-state index is 12.8. The van der Waals surface area contributed by atoms with Crippen LogP contribution in [-0.4, -0.2) is 38.1 Å². The summed E-state index contributed by atoms with van der Waals surface area (Å²) in [6.45, 7) is 16.3. The van der Waals surface area contributed by atoms with Crippen molar-refractivity contribution in [3.8, 4) is 0 Å². The van der Waals surface area contributed by atoms with Crippen LogP contribution < -0.4 is 0 Å². The lowest BCUT2D eigenvalue weighted by molar-refractivity contribution is -0.147. The fourth-order valence-electron chi connectivity index (χ4n) is 3.50. The molecule has 0 spiro atoms. The molecule has 0 aliphatic heterocycles. The van der Waals surface area contributed by atoms with Gasteiger partial charge in [0.1, 0.15) is 6.61 Å². The lowest BCUT2D eigenvalue weighted by Gasteiger charge is -2.17. The van der Waals surface area contributed by atoms with Crippen LogP contribution in [0.5, 0.6) is 0 Å². The van der Waals surface area contributed by atoms with Crippen LogP contribution in [0.4, 0.5) is 0 Å². The normalized spacial score (nSPS) is 13.6. The standard InChI is InChI=1S/C31H53NO2/c1-25(2)13-10-15-27(5)17-12-18-28(6)19-20-30(21-23-32(8)9)31(33)34-24-22-29(7)16-11-14-26(3)4/h13-14,17,19,22,30H,10-12,15-16,18,20-21,23-24H2,1-9H3. The molecule has 0 aromatic carbocycles. The van der Waals surface area contributed by atoms with Crippen LogP contribution in [0.25, 0.3) is 0 Å². The van der Waals surface area contributed by atoms with Crippen molar-refractivity contribution in [3.05, 3.63) is 58.2 Å². The molecule has 0 saturated heterocycles. The van der Waals surface area contributed by atoms with E-state index >= 15 is 0 Å². The molecule has 194 valence electrons. The van der Waals surface area contributed by atoms with E-state index in [4.69, 9.17) is 4.74 Å². The first kappa shape index (κ1) is 32.1. The smallest absolute Gasteiger partial charge is 0.309 e. The van der Waals surface area contributed by atoms with Crippen LogP contribution in [0.2, 0.25) is 0 Å². The number of hydrogen-bond acceptors (Lipinski definition) is 3. The van der Waals surface area contributed by atoms with Gasteiger partial charge in [-0.2, -0.15) is 0 Å². The highest BCUT2D eigenvalue weighted by molar-refractivity contribution is 5.72. The van der Waals surface area contributed by atoms with E-state index in [1.54, 1.807) is 0 Å². The molecule has 0 heterocycles.